The van der Waals surface area contributed by atoms with Crippen LogP contribution in [0.1, 0.15) is 10.8 Å². The van der Waals surface area contributed by atoms with E-state index in [-0.39, 0.29) is 0 Å². The normalized spacial score (nSPS) is 11.3. The van der Waals surface area contributed by atoms with Gasteiger partial charge in [0.15, 0.2) is 10.8 Å². The van der Waals surface area contributed by atoms with Crippen molar-refractivity contribution >= 4 is 27.3 Å². The van der Waals surface area contributed by atoms with Gasteiger partial charge in [-0.05, 0) is 36.4 Å². The molecule has 0 radical (unpaired) electrons. The van der Waals surface area contributed by atoms with Gasteiger partial charge in [-0.1, -0.05) is 28.7 Å². The van der Waals surface area contributed by atoms with Gasteiger partial charge in [0.25, 0.3) is 0 Å². The van der Waals surface area contributed by atoms with Crippen molar-refractivity contribution in [1.82, 2.24) is 34.8 Å². The first-order valence-corrected chi connectivity index (χ1v) is 9.37. The fourth-order valence-electron chi connectivity index (χ4n) is 2.84. The molecule has 5 aromatic rings. The van der Waals surface area contributed by atoms with Crippen molar-refractivity contribution in [2.75, 3.05) is 7.11 Å². The molecule has 0 fully saturated rings. The fourth-order valence-corrected chi connectivity index (χ4v) is 3.60. The van der Waals surface area contributed by atoms with E-state index in [9.17, 15) is 0 Å². The van der Waals surface area contributed by atoms with Crippen LogP contribution in [0.4, 0.5) is 0 Å². The summed E-state index contributed by atoms with van der Waals surface area (Å²) >= 11 is 1.44. The number of para-hydroxylation sites is 1. The Kier molecular flexibility index (Phi) is 4.09. The molecule has 28 heavy (non-hydrogen) atoms. The van der Waals surface area contributed by atoms with Crippen LogP contribution in [0, 0.1) is 0 Å². The molecule has 0 saturated carbocycles. The molecule has 9 nitrogen and oxygen atoms in total. The first kappa shape index (κ1) is 16.6. The Hall–Kier alpha value is -3.53. The van der Waals surface area contributed by atoms with Gasteiger partial charge in [0, 0.05) is 0 Å². The van der Waals surface area contributed by atoms with Crippen LogP contribution >= 0.6 is 11.3 Å². The van der Waals surface area contributed by atoms with Gasteiger partial charge in [0.2, 0.25) is 4.96 Å². The van der Waals surface area contributed by atoms with Crippen LogP contribution < -0.4 is 9.47 Å². The summed E-state index contributed by atoms with van der Waals surface area (Å²) in [6.45, 7) is 0.788. The lowest BCUT2D eigenvalue weighted by atomic mass is 10.3. The Morgan fingerprint density at radius 2 is 1.79 bits per heavy atom. The Labute approximate surface area is 163 Å². The zero-order valence-corrected chi connectivity index (χ0v) is 15.7. The number of methoxy groups -OCH3 is 1. The molecule has 3 aromatic heterocycles. The molecule has 0 unspecified atom stereocenters. The number of aromatic nitrogens is 7. The van der Waals surface area contributed by atoms with Crippen LogP contribution in [0.25, 0.3) is 16.0 Å². The minimum absolute atomic E-state index is 0.353. The van der Waals surface area contributed by atoms with Crippen molar-refractivity contribution in [2.24, 2.45) is 0 Å². The Morgan fingerprint density at radius 1 is 0.964 bits per heavy atom. The average Bonchev–Trinajstić information content (AvgIpc) is 3.43. The molecular weight excluding hydrogens is 378 g/mol. The topological polar surface area (TPSA) is 92.2 Å². The maximum atomic E-state index is 5.80. The number of fused-ring (bicyclic) bond motifs is 2. The lowest BCUT2D eigenvalue weighted by Crippen LogP contribution is -2.07. The maximum absolute atomic E-state index is 5.80. The van der Waals surface area contributed by atoms with Crippen LogP contribution in [0.3, 0.4) is 0 Å². The molecule has 0 aliphatic carbocycles. The Morgan fingerprint density at radius 3 is 2.64 bits per heavy atom. The van der Waals surface area contributed by atoms with Crippen LogP contribution in [0.5, 0.6) is 11.5 Å². The Balaban J connectivity index is 1.35. The molecular formula is C18H15N7O2S. The highest BCUT2D eigenvalue weighted by molar-refractivity contribution is 7.16. The van der Waals surface area contributed by atoms with Crippen molar-refractivity contribution < 1.29 is 9.47 Å². The number of ether oxygens (including phenoxy) is 2. The van der Waals surface area contributed by atoms with Crippen molar-refractivity contribution in [3.8, 4) is 11.5 Å². The third-order valence-electron chi connectivity index (χ3n) is 4.23. The van der Waals surface area contributed by atoms with Crippen LogP contribution in [0.2, 0.25) is 0 Å². The minimum Gasteiger partial charge on any atom is -0.497 e. The smallest absolute Gasteiger partial charge is 0.234 e. The lowest BCUT2D eigenvalue weighted by Gasteiger charge is -2.04. The van der Waals surface area contributed by atoms with Crippen LogP contribution in [-0.4, -0.2) is 41.9 Å². The minimum atomic E-state index is 0.353. The highest BCUT2D eigenvalue weighted by Gasteiger charge is 2.14. The molecule has 0 aliphatic heterocycles. The van der Waals surface area contributed by atoms with Gasteiger partial charge in [0.05, 0.1) is 12.6 Å². The molecule has 5 rings (SSSR count). The van der Waals surface area contributed by atoms with Crippen LogP contribution in [-0.2, 0) is 13.2 Å². The largest absolute Gasteiger partial charge is 0.497 e. The van der Waals surface area contributed by atoms with E-state index in [0.29, 0.717) is 23.9 Å². The summed E-state index contributed by atoms with van der Waals surface area (Å²) < 4.78 is 14.5. The van der Waals surface area contributed by atoms with Gasteiger partial charge in [-0.3, -0.25) is 0 Å². The highest BCUT2D eigenvalue weighted by Crippen LogP contribution is 2.20. The van der Waals surface area contributed by atoms with Crippen molar-refractivity contribution in [2.45, 2.75) is 13.2 Å². The van der Waals surface area contributed by atoms with Crippen LogP contribution in [0.15, 0.2) is 48.5 Å². The van der Waals surface area contributed by atoms with Gasteiger partial charge in [0.1, 0.15) is 30.2 Å². The molecule has 0 N–H and O–H groups in total. The van der Waals surface area contributed by atoms with E-state index in [1.165, 1.54) is 11.3 Å². The molecule has 0 amide bonds. The molecule has 2 aromatic carbocycles. The summed E-state index contributed by atoms with van der Waals surface area (Å²) in [6.07, 6.45) is 0. The summed E-state index contributed by atoms with van der Waals surface area (Å²) in [5, 5.41) is 22.2. The van der Waals surface area contributed by atoms with Crippen molar-refractivity contribution in [3.63, 3.8) is 0 Å². The predicted molar refractivity (Wildman–Crippen MR) is 103 cm³/mol. The van der Waals surface area contributed by atoms with E-state index in [1.807, 2.05) is 48.5 Å². The van der Waals surface area contributed by atoms with E-state index in [0.717, 1.165) is 27.5 Å². The van der Waals surface area contributed by atoms with E-state index in [1.54, 1.807) is 16.3 Å². The van der Waals surface area contributed by atoms with Gasteiger partial charge >= 0.3 is 0 Å². The summed E-state index contributed by atoms with van der Waals surface area (Å²) in [7, 11) is 1.63. The Bertz CT molecular complexity index is 1240. The second-order valence-electron chi connectivity index (χ2n) is 6.01. The average molecular weight is 393 g/mol. The number of benzene rings is 2. The zero-order valence-electron chi connectivity index (χ0n) is 14.9. The number of hydrogen-bond acceptors (Lipinski definition) is 8. The second-order valence-corrected chi connectivity index (χ2v) is 7.05. The maximum Gasteiger partial charge on any atom is 0.234 e. The molecule has 140 valence electrons. The van der Waals surface area contributed by atoms with Gasteiger partial charge in [-0.25, -0.2) is 4.68 Å². The second kappa shape index (κ2) is 6.89. The fraction of sp³-hybridized carbons (Fsp3) is 0.167. The molecule has 0 aliphatic rings. The van der Waals surface area contributed by atoms with E-state index < -0.39 is 0 Å². The standard InChI is InChI=1S/C18H15N7O2S/c1-26-12-6-8-13(9-7-12)27-11-17-22-25-16(20-21-18(25)28-17)10-24-15-5-3-2-4-14(15)19-23-24/h2-9H,10-11H2,1H3. The molecule has 0 spiro atoms. The first-order chi connectivity index (χ1) is 13.8. The highest BCUT2D eigenvalue weighted by atomic mass is 32.1. The predicted octanol–water partition coefficient (Wildman–Crippen LogP) is 2.57. The molecule has 0 bridgehead atoms. The molecule has 3 heterocycles. The third-order valence-corrected chi connectivity index (χ3v) is 5.10. The van der Waals surface area contributed by atoms with Gasteiger partial charge in [-0.15, -0.1) is 15.3 Å². The first-order valence-electron chi connectivity index (χ1n) is 8.55. The van der Waals surface area contributed by atoms with E-state index >= 15 is 0 Å². The van der Waals surface area contributed by atoms with E-state index in [2.05, 4.69) is 25.6 Å². The molecule has 10 heteroatoms. The lowest BCUT2D eigenvalue weighted by molar-refractivity contribution is 0.303. The zero-order chi connectivity index (χ0) is 18.9. The molecule has 0 saturated heterocycles. The summed E-state index contributed by atoms with van der Waals surface area (Å²) in [4.78, 5) is 0.716. The van der Waals surface area contributed by atoms with Crippen molar-refractivity contribution in [3.05, 3.63) is 59.4 Å². The monoisotopic (exact) mass is 393 g/mol. The van der Waals surface area contributed by atoms with E-state index in [4.69, 9.17) is 9.47 Å². The molecule has 0 atom stereocenters. The number of nitrogens with zero attached hydrogens (tertiary/aromatic N) is 7. The van der Waals surface area contributed by atoms with Crippen molar-refractivity contribution in [1.29, 1.82) is 0 Å². The summed E-state index contributed by atoms with van der Waals surface area (Å²) in [5.74, 6) is 2.23. The van der Waals surface area contributed by atoms with Gasteiger partial charge < -0.3 is 9.47 Å². The summed E-state index contributed by atoms with van der Waals surface area (Å²) in [5.41, 5.74) is 1.78. The third kappa shape index (κ3) is 3.03. The number of hydrogen-bond donors (Lipinski definition) is 0. The number of rotatable bonds is 6. The van der Waals surface area contributed by atoms with Gasteiger partial charge in [-0.2, -0.15) is 9.61 Å². The summed E-state index contributed by atoms with van der Waals surface area (Å²) in [6, 6.07) is 15.2. The quantitative estimate of drug-likeness (QED) is 0.438. The SMILES string of the molecule is COc1ccc(OCc2nn3c(Cn4nnc5ccccc54)nnc3s2)cc1.